The summed E-state index contributed by atoms with van der Waals surface area (Å²) in [4.78, 5) is 26.3. The van der Waals surface area contributed by atoms with Gasteiger partial charge in [-0.15, -0.1) is 0 Å². The van der Waals surface area contributed by atoms with Gasteiger partial charge in [-0.2, -0.15) is 0 Å². The van der Waals surface area contributed by atoms with Gasteiger partial charge >= 0.3 is 0 Å². The first kappa shape index (κ1) is 16.1. The van der Waals surface area contributed by atoms with Gasteiger partial charge in [0.05, 0.1) is 6.54 Å². The number of rotatable bonds is 5. The number of aromatic nitrogens is 1. The zero-order chi connectivity index (χ0) is 16.9. The highest BCUT2D eigenvalue weighted by Crippen LogP contribution is 2.10. The van der Waals surface area contributed by atoms with Crippen LogP contribution in [0.5, 0.6) is 5.75 Å². The van der Waals surface area contributed by atoms with Crippen molar-refractivity contribution in [2.45, 2.75) is 19.4 Å². The lowest BCUT2D eigenvalue weighted by Gasteiger charge is -2.15. The van der Waals surface area contributed by atoms with Crippen LogP contribution in [0.4, 0.5) is 5.69 Å². The van der Waals surface area contributed by atoms with Crippen LogP contribution >= 0.6 is 0 Å². The van der Waals surface area contributed by atoms with Crippen LogP contribution in [0, 0.1) is 0 Å². The van der Waals surface area contributed by atoms with E-state index in [1.165, 1.54) is 0 Å². The monoisotopic (exact) mass is 327 g/mol. The highest BCUT2D eigenvalue weighted by atomic mass is 16.5. The van der Waals surface area contributed by atoms with E-state index in [2.05, 4.69) is 0 Å². The van der Waals surface area contributed by atoms with Crippen molar-refractivity contribution in [2.24, 2.45) is 0 Å². The zero-order valence-corrected chi connectivity index (χ0v) is 13.5. The summed E-state index contributed by atoms with van der Waals surface area (Å²) in [6, 6.07) is 10.7. The molecule has 1 aliphatic heterocycles. The molecule has 0 unspecified atom stereocenters. The van der Waals surface area contributed by atoms with Gasteiger partial charge in [-0.1, -0.05) is 12.1 Å². The number of carbonyl (C=O) groups excluding carboxylic acids is 1. The number of nitrogen functional groups attached to an aromatic ring is 1. The standard InChI is InChI=1S/C18H21N3O3/c19-15-7-5-14(6-8-15)12-21-11-3-4-16(18(21)23)24-13-17(22)20-9-1-2-10-20/h3-8,11H,1-2,9-10,12-13,19H2. The normalized spacial score (nSPS) is 13.9. The molecule has 0 atom stereocenters. The second-order valence-corrected chi connectivity index (χ2v) is 5.92. The van der Waals surface area contributed by atoms with Crippen molar-refractivity contribution >= 4 is 11.6 Å². The lowest BCUT2D eigenvalue weighted by Crippen LogP contribution is -2.33. The molecule has 2 aromatic rings. The van der Waals surface area contributed by atoms with Gasteiger partial charge in [0, 0.05) is 25.0 Å². The van der Waals surface area contributed by atoms with Crippen molar-refractivity contribution in [2.75, 3.05) is 25.4 Å². The fraction of sp³-hybridized carbons (Fsp3) is 0.333. The summed E-state index contributed by atoms with van der Waals surface area (Å²) in [5, 5.41) is 0. The molecule has 0 bridgehead atoms. The van der Waals surface area contributed by atoms with Crippen molar-refractivity contribution in [1.29, 1.82) is 0 Å². The summed E-state index contributed by atoms with van der Waals surface area (Å²) in [7, 11) is 0. The minimum Gasteiger partial charge on any atom is -0.478 e. The molecule has 2 N–H and O–H groups in total. The average molecular weight is 327 g/mol. The number of carbonyl (C=O) groups is 1. The first-order valence-corrected chi connectivity index (χ1v) is 8.08. The lowest BCUT2D eigenvalue weighted by atomic mass is 10.2. The second kappa shape index (κ2) is 7.21. The molecule has 0 saturated carbocycles. The van der Waals surface area contributed by atoms with Crippen LogP contribution in [0.3, 0.4) is 0 Å². The number of anilines is 1. The number of nitrogens with zero attached hydrogens (tertiary/aromatic N) is 2. The van der Waals surface area contributed by atoms with E-state index in [0.29, 0.717) is 12.2 Å². The molecule has 1 aromatic carbocycles. The Morgan fingerprint density at radius 2 is 1.83 bits per heavy atom. The predicted molar refractivity (Wildman–Crippen MR) is 92.0 cm³/mol. The van der Waals surface area contributed by atoms with Crippen molar-refractivity contribution in [3.05, 3.63) is 58.5 Å². The van der Waals surface area contributed by atoms with Crippen molar-refractivity contribution < 1.29 is 9.53 Å². The molecule has 3 rings (SSSR count). The molecule has 0 radical (unpaired) electrons. The molecule has 1 saturated heterocycles. The number of likely N-dealkylation sites (tertiary alicyclic amines) is 1. The first-order valence-electron chi connectivity index (χ1n) is 8.08. The van der Waals surface area contributed by atoms with E-state index in [9.17, 15) is 9.59 Å². The quantitative estimate of drug-likeness (QED) is 0.844. The Labute approximate surface area is 140 Å². The Hall–Kier alpha value is -2.76. The van der Waals surface area contributed by atoms with Crippen molar-refractivity contribution in [1.82, 2.24) is 9.47 Å². The number of ether oxygens (including phenoxy) is 1. The second-order valence-electron chi connectivity index (χ2n) is 5.92. The number of amides is 1. The Balaban J connectivity index is 1.67. The first-order chi connectivity index (χ1) is 11.6. The summed E-state index contributed by atoms with van der Waals surface area (Å²) in [5.74, 6) is 0.126. The number of hydrogen-bond acceptors (Lipinski definition) is 4. The third-order valence-corrected chi connectivity index (χ3v) is 4.13. The number of nitrogens with two attached hydrogens (primary N) is 1. The van der Waals surface area contributed by atoms with Crippen LogP contribution in [0.25, 0.3) is 0 Å². The van der Waals surface area contributed by atoms with Crippen LogP contribution < -0.4 is 16.0 Å². The third kappa shape index (κ3) is 3.76. The fourth-order valence-electron chi connectivity index (χ4n) is 2.77. The minimum atomic E-state index is -0.247. The number of benzene rings is 1. The van der Waals surface area contributed by atoms with Crippen LogP contribution in [0.15, 0.2) is 47.4 Å². The number of hydrogen-bond donors (Lipinski definition) is 1. The van der Waals surface area contributed by atoms with E-state index in [0.717, 1.165) is 31.5 Å². The SMILES string of the molecule is Nc1ccc(Cn2cccc(OCC(=O)N3CCCC3)c2=O)cc1. The molecule has 24 heavy (non-hydrogen) atoms. The van der Waals surface area contributed by atoms with Crippen LogP contribution in [-0.4, -0.2) is 35.1 Å². The largest absolute Gasteiger partial charge is 0.478 e. The fourth-order valence-corrected chi connectivity index (χ4v) is 2.77. The molecule has 0 aliphatic carbocycles. The average Bonchev–Trinajstić information content (AvgIpc) is 3.12. The molecule has 1 fully saturated rings. The molecular formula is C18H21N3O3. The minimum absolute atomic E-state index is 0.0687. The van der Waals surface area contributed by atoms with E-state index < -0.39 is 0 Å². The zero-order valence-electron chi connectivity index (χ0n) is 13.5. The molecule has 6 heteroatoms. The highest BCUT2D eigenvalue weighted by molar-refractivity contribution is 5.78. The molecular weight excluding hydrogens is 306 g/mol. The highest BCUT2D eigenvalue weighted by Gasteiger charge is 2.18. The maximum absolute atomic E-state index is 12.5. The molecule has 1 aromatic heterocycles. The van der Waals surface area contributed by atoms with Gasteiger partial charge in [-0.3, -0.25) is 9.59 Å². The summed E-state index contributed by atoms with van der Waals surface area (Å²) >= 11 is 0. The molecule has 1 amide bonds. The maximum atomic E-state index is 12.5. The van der Waals surface area contributed by atoms with Crippen molar-refractivity contribution in [3.63, 3.8) is 0 Å². The van der Waals surface area contributed by atoms with Crippen molar-refractivity contribution in [3.8, 4) is 5.75 Å². The smallest absolute Gasteiger partial charge is 0.293 e. The van der Waals surface area contributed by atoms with Gasteiger partial charge in [-0.25, -0.2) is 0 Å². The third-order valence-electron chi connectivity index (χ3n) is 4.13. The van der Waals surface area contributed by atoms with Gasteiger partial charge in [-0.05, 0) is 42.7 Å². The van der Waals surface area contributed by atoms with E-state index >= 15 is 0 Å². The molecule has 6 nitrogen and oxygen atoms in total. The van der Waals surface area contributed by atoms with Gasteiger partial charge < -0.3 is 19.9 Å². The Bertz CT molecular complexity index is 762. The van der Waals surface area contributed by atoms with E-state index in [4.69, 9.17) is 10.5 Å². The Kier molecular flexibility index (Phi) is 4.84. The van der Waals surface area contributed by atoms with E-state index in [1.54, 1.807) is 39.9 Å². The number of pyridine rings is 1. The Morgan fingerprint density at radius 3 is 2.54 bits per heavy atom. The Morgan fingerprint density at radius 1 is 1.12 bits per heavy atom. The van der Waals surface area contributed by atoms with E-state index in [-0.39, 0.29) is 23.8 Å². The topological polar surface area (TPSA) is 77.6 Å². The van der Waals surface area contributed by atoms with Gasteiger partial charge in [0.2, 0.25) is 0 Å². The summed E-state index contributed by atoms with van der Waals surface area (Å²) < 4.78 is 7.02. The molecule has 1 aliphatic rings. The van der Waals surface area contributed by atoms with Crippen LogP contribution in [-0.2, 0) is 11.3 Å². The maximum Gasteiger partial charge on any atom is 0.293 e. The van der Waals surface area contributed by atoms with Crippen LogP contribution in [0.1, 0.15) is 18.4 Å². The molecule has 126 valence electrons. The summed E-state index contributed by atoms with van der Waals surface area (Å²) in [6.07, 6.45) is 3.77. The summed E-state index contributed by atoms with van der Waals surface area (Å²) in [6.45, 7) is 1.88. The summed E-state index contributed by atoms with van der Waals surface area (Å²) in [5.41, 5.74) is 7.08. The van der Waals surface area contributed by atoms with Gasteiger partial charge in [0.25, 0.3) is 11.5 Å². The predicted octanol–water partition coefficient (Wildman–Crippen LogP) is 1.48. The van der Waals surface area contributed by atoms with Gasteiger partial charge in [0.15, 0.2) is 12.4 Å². The van der Waals surface area contributed by atoms with E-state index in [1.807, 2.05) is 12.1 Å². The molecule has 2 heterocycles. The molecule has 0 spiro atoms. The van der Waals surface area contributed by atoms with Gasteiger partial charge in [0.1, 0.15) is 0 Å². The van der Waals surface area contributed by atoms with Crippen LogP contribution in [0.2, 0.25) is 0 Å². The lowest BCUT2D eigenvalue weighted by molar-refractivity contribution is -0.132.